The second-order valence-electron chi connectivity index (χ2n) is 3.60. The number of hydrazone groups is 1. The summed E-state index contributed by atoms with van der Waals surface area (Å²) in [5, 5.41) is 6.75. The van der Waals surface area contributed by atoms with Crippen molar-refractivity contribution in [1.82, 2.24) is 5.01 Å². The third-order valence-corrected chi connectivity index (χ3v) is 2.52. The Kier molecular flexibility index (Phi) is 4.22. The predicted molar refractivity (Wildman–Crippen MR) is 55.0 cm³/mol. The fourth-order valence-corrected chi connectivity index (χ4v) is 1.60. The molecule has 1 atom stereocenters. The van der Waals surface area contributed by atoms with E-state index < -0.39 is 0 Å². The zero-order valence-corrected chi connectivity index (χ0v) is 8.92. The van der Waals surface area contributed by atoms with Crippen molar-refractivity contribution in [3.63, 3.8) is 0 Å². The van der Waals surface area contributed by atoms with Crippen LogP contribution in [0.4, 0.5) is 0 Å². The Morgan fingerprint density at radius 3 is 3.00 bits per heavy atom. The highest BCUT2D eigenvalue weighted by Crippen LogP contribution is 2.17. The van der Waals surface area contributed by atoms with Gasteiger partial charge >= 0.3 is 0 Å². The van der Waals surface area contributed by atoms with Crippen molar-refractivity contribution in [2.75, 3.05) is 20.3 Å². The van der Waals surface area contributed by atoms with Gasteiger partial charge in [0.05, 0.1) is 12.6 Å². The molecule has 76 valence electrons. The van der Waals surface area contributed by atoms with Gasteiger partial charge in [0.15, 0.2) is 0 Å². The number of hydrogen-bond donors (Lipinski definition) is 0. The molecule has 3 nitrogen and oxygen atoms in total. The summed E-state index contributed by atoms with van der Waals surface area (Å²) >= 11 is 0. The Morgan fingerprint density at radius 2 is 2.38 bits per heavy atom. The molecule has 0 spiro atoms. The molecule has 3 heteroatoms. The quantitative estimate of drug-likeness (QED) is 0.623. The van der Waals surface area contributed by atoms with Gasteiger partial charge in [-0.25, -0.2) is 0 Å². The van der Waals surface area contributed by atoms with Crippen molar-refractivity contribution in [2.24, 2.45) is 5.10 Å². The summed E-state index contributed by atoms with van der Waals surface area (Å²) in [4.78, 5) is 0. The molecule has 0 aromatic rings. The standard InChI is InChI=1S/C10H20N2O/c1-4-9(2)11-12-7-5-6-10(12)8-13-3/h10H,4-8H2,1-3H3/b11-9+. The number of rotatable bonds is 4. The van der Waals surface area contributed by atoms with Crippen LogP contribution in [-0.4, -0.2) is 37.0 Å². The van der Waals surface area contributed by atoms with Crippen LogP contribution in [0.3, 0.4) is 0 Å². The van der Waals surface area contributed by atoms with E-state index in [2.05, 4.69) is 24.0 Å². The maximum atomic E-state index is 5.16. The minimum absolute atomic E-state index is 0.506. The lowest BCUT2D eigenvalue weighted by atomic mass is 10.2. The largest absolute Gasteiger partial charge is 0.382 e. The van der Waals surface area contributed by atoms with Gasteiger partial charge in [0.25, 0.3) is 0 Å². The minimum Gasteiger partial charge on any atom is -0.382 e. The van der Waals surface area contributed by atoms with Gasteiger partial charge in [0.1, 0.15) is 0 Å². The third kappa shape index (κ3) is 2.99. The van der Waals surface area contributed by atoms with Crippen LogP contribution in [0.2, 0.25) is 0 Å². The van der Waals surface area contributed by atoms with Crippen LogP contribution in [0.25, 0.3) is 0 Å². The molecule has 1 saturated heterocycles. The predicted octanol–water partition coefficient (Wildman–Crippen LogP) is 1.88. The third-order valence-electron chi connectivity index (χ3n) is 2.52. The molecule has 0 aliphatic carbocycles. The first-order valence-corrected chi connectivity index (χ1v) is 5.07. The van der Waals surface area contributed by atoms with Crippen LogP contribution in [0.5, 0.6) is 0 Å². The molecule has 0 radical (unpaired) electrons. The second-order valence-corrected chi connectivity index (χ2v) is 3.60. The molecular formula is C10H20N2O. The van der Waals surface area contributed by atoms with Crippen LogP contribution in [0.15, 0.2) is 5.10 Å². The maximum Gasteiger partial charge on any atom is 0.0704 e. The zero-order valence-electron chi connectivity index (χ0n) is 8.92. The summed E-state index contributed by atoms with van der Waals surface area (Å²) in [5.41, 5.74) is 1.21. The van der Waals surface area contributed by atoms with Crippen LogP contribution in [0.1, 0.15) is 33.1 Å². The Balaban J connectivity index is 2.48. The average molecular weight is 184 g/mol. The van der Waals surface area contributed by atoms with Gasteiger partial charge < -0.3 is 4.74 Å². The van der Waals surface area contributed by atoms with Gasteiger partial charge in [0.2, 0.25) is 0 Å². The van der Waals surface area contributed by atoms with Crippen LogP contribution in [-0.2, 0) is 4.74 Å². The Bertz CT molecular complexity index is 180. The average Bonchev–Trinajstić information content (AvgIpc) is 2.54. The van der Waals surface area contributed by atoms with Crippen LogP contribution in [0, 0.1) is 0 Å². The Morgan fingerprint density at radius 1 is 1.62 bits per heavy atom. The van der Waals surface area contributed by atoms with E-state index in [4.69, 9.17) is 4.74 Å². The van der Waals surface area contributed by atoms with E-state index in [0.717, 1.165) is 19.6 Å². The van der Waals surface area contributed by atoms with Gasteiger partial charge in [0, 0.05) is 19.4 Å². The smallest absolute Gasteiger partial charge is 0.0704 e. The summed E-state index contributed by atoms with van der Waals surface area (Å²) < 4.78 is 5.16. The summed E-state index contributed by atoms with van der Waals surface area (Å²) in [5.74, 6) is 0. The van der Waals surface area contributed by atoms with Crippen molar-refractivity contribution in [2.45, 2.75) is 39.2 Å². The second kappa shape index (κ2) is 5.22. The van der Waals surface area contributed by atoms with E-state index in [1.54, 1.807) is 7.11 Å². The number of nitrogens with zero attached hydrogens (tertiary/aromatic N) is 2. The van der Waals surface area contributed by atoms with Gasteiger partial charge in [-0.2, -0.15) is 5.10 Å². The van der Waals surface area contributed by atoms with Gasteiger partial charge in [-0.3, -0.25) is 5.01 Å². The van der Waals surface area contributed by atoms with Crippen LogP contribution >= 0.6 is 0 Å². The molecule has 13 heavy (non-hydrogen) atoms. The minimum atomic E-state index is 0.506. The number of hydrogen-bond acceptors (Lipinski definition) is 3. The topological polar surface area (TPSA) is 24.8 Å². The van der Waals surface area contributed by atoms with Crippen molar-refractivity contribution in [1.29, 1.82) is 0 Å². The molecule has 0 aromatic carbocycles. The van der Waals surface area contributed by atoms with E-state index in [1.807, 2.05) is 0 Å². The number of ether oxygens (including phenoxy) is 1. The Labute approximate surface area is 80.8 Å². The first kappa shape index (κ1) is 10.5. The zero-order chi connectivity index (χ0) is 9.68. The van der Waals surface area contributed by atoms with E-state index >= 15 is 0 Å². The van der Waals surface area contributed by atoms with Gasteiger partial charge in [-0.05, 0) is 26.2 Å². The number of methoxy groups -OCH3 is 1. The molecule has 0 bridgehead atoms. The lowest BCUT2D eigenvalue weighted by Gasteiger charge is -2.21. The lowest BCUT2D eigenvalue weighted by Crippen LogP contribution is -2.29. The first-order valence-electron chi connectivity index (χ1n) is 5.07. The fourth-order valence-electron chi connectivity index (χ4n) is 1.60. The van der Waals surface area contributed by atoms with E-state index in [-0.39, 0.29) is 0 Å². The molecule has 0 amide bonds. The van der Waals surface area contributed by atoms with Gasteiger partial charge in [-0.1, -0.05) is 6.92 Å². The Hall–Kier alpha value is -0.570. The first-order chi connectivity index (χ1) is 6.27. The van der Waals surface area contributed by atoms with Crippen molar-refractivity contribution in [3.05, 3.63) is 0 Å². The molecule has 0 saturated carbocycles. The molecular weight excluding hydrogens is 164 g/mol. The molecule has 1 fully saturated rings. The molecule has 1 aliphatic rings. The van der Waals surface area contributed by atoms with E-state index in [1.165, 1.54) is 18.6 Å². The summed E-state index contributed by atoms with van der Waals surface area (Å²) in [6, 6.07) is 0.506. The lowest BCUT2D eigenvalue weighted by molar-refractivity contribution is 0.118. The summed E-state index contributed by atoms with van der Waals surface area (Å²) in [6.07, 6.45) is 3.50. The maximum absolute atomic E-state index is 5.16. The summed E-state index contributed by atoms with van der Waals surface area (Å²) in [6.45, 7) is 6.12. The SMILES string of the molecule is CC/C(C)=N/N1CCCC1COC. The highest BCUT2D eigenvalue weighted by atomic mass is 16.5. The molecule has 1 aliphatic heterocycles. The van der Waals surface area contributed by atoms with Crippen LogP contribution < -0.4 is 0 Å². The molecule has 0 aromatic heterocycles. The fraction of sp³-hybridized carbons (Fsp3) is 0.900. The van der Waals surface area contributed by atoms with E-state index in [9.17, 15) is 0 Å². The molecule has 1 heterocycles. The van der Waals surface area contributed by atoms with E-state index in [0.29, 0.717) is 6.04 Å². The van der Waals surface area contributed by atoms with Crippen molar-refractivity contribution < 1.29 is 4.74 Å². The van der Waals surface area contributed by atoms with Gasteiger partial charge in [-0.15, -0.1) is 0 Å². The molecule has 0 N–H and O–H groups in total. The highest BCUT2D eigenvalue weighted by molar-refractivity contribution is 5.81. The molecule has 1 rings (SSSR count). The highest BCUT2D eigenvalue weighted by Gasteiger charge is 2.22. The molecule has 1 unspecified atom stereocenters. The normalized spacial score (nSPS) is 24.1. The van der Waals surface area contributed by atoms with Crippen molar-refractivity contribution in [3.8, 4) is 0 Å². The summed E-state index contributed by atoms with van der Waals surface area (Å²) in [7, 11) is 1.76. The monoisotopic (exact) mass is 184 g/mol. The van der Waals surface area contributed by atoms with Crippen molar-refractivity contribution >= 4 is 5.71 Å².